The van der Waals surface area contributed by atoms with E-state index in [1.54, 1.807) is 6.20 Å². The minimum Gasteiger partial charge on any atom is -0.305 e. The maximum Gasteiger partial charge on any atom is 0.0160 e. The molecule has 0 amide bonds. The van der Waals surface area contributed by atoms with Gasteiger partial charge in [0.2, 0.25) is 0 Å². The van der Waals surface area contributed by atoms with Gasteiger partial charge in [0.25, 0.3) is 0 Å². The van der Waals surface area contributed by atoms with E-state index in [2.05, 4.69) is 108 Å². The van der Waals surface area contributed by atoms with E-state index in [1.165, 1.54) is 32.7 Å². The Hall–Kier alpha value is -4.43. The van der Waals surface area contributed by atoms with Crippen molar-refractivity contribution in [3.05, 3.63) is 157 Å². The normalized spacial score (nSPS) is 10.4. The molecule has 0 saturated carbocycles. The van der Waals surface area contributed by atoms with Gasteiger partial charge in [0.1, 0.15) is 0 Å². The van der Waals surface area contributed by atoms with E-state index in [0.717, 1.165) is 28.1 Å². The number of nitrogens with zero attached hydrogens (tertiary/aromatic N) is 2. The van der Waals surface area contributed by atoms with Crippen LogP contribution in [-0.4, -0.2) is 9.97 Å². The molecule has 0 unspecified atom stereocenters. The second-order valence-electron chi connectivity index (χ2n) is 9.34. The van der Waals surface area contributed by atoms with E-state index in [4.69, 9.17) is 0 Å². The maximum absolute atomic E-state index is 4.51. The standard InChI is InChI=1S/C26H18N.C11H8N.Ir/c1-18-7-6-16-27-26(18)20-14-12-19(13-15-20)25-17-21-8-2-3-9-22(21)23-10-4-5-11-24(23)25;1-2-6-10(7-3-1)11-8-4-5-9-12-11;/h2-14,16-17H,1H3;1-6,8-9H;/q2*-1;. The summed E-state index contributed by atoms with van der Waals surface area (Å²) in [7, 11) is 0. The summed E-state index contributed by atoms with van der Waals surface area (Å²) >= 11 is 0. The van der Waals surface area contributed by atoms with Crippen molar-refractivity contribution in [2.45, 2.75) is 6.92 Å². The van der Waals surface area contributed by atoms with E-state index in [-0.39, 0.29) is 20.1 Å². The summed E-state index contributed by atoms with van der Waals surface area (Å²) in [6.45, 7) is 2.08. The molecule has 0 aliphatic carbocycles. The van der Waals surface area contributed by atoms with Crippen molar-refractivity contribution in [2.75, 3.05) is 0 Å². The zero-order valence-electron chi connectivity index (χ0n) is 22.0. The molecule has 0 atom stereocenters. The summed E-state index contributed by atoms with van der Waals surface area (Å²) < 4.78 is 0. The number of aryl methyl sites for hydroxylation is 1. The van der Waals surface area contributed by atoms with Crippen LogP contribution in [0, 0.1) is 19.1 Å². The molecule has 3 heteroatoms. The Bertz CT molecular complexity index is 1810. The number of fused-ring (bicyclic) bond motifs is 3. The quantitative estimate of drug-likeness (QED) is 0.136. The van der Waals surface area contributed by atoms with Gasteiger partial charge in [-0.3, -0.25) is 0 Å². The molecule has 7 rings (SSSR count). The van der Waals surface area contributed by atoms with Crippen LogP contribution in [0.2, 0.25) is 0 Å². The minimum atomic E-state index is 0. The van der Waals surface area contributed by atoms with Crippen molar-refractivity contribution < 1.29 is 20.1 Å². The Morgan fingerprint density at radius 3 is 2.05 bits per heavy atom. The predicted octanol–water partition coefficient (Wildman–Crippen LogP) is 9.38. The van der Waals surface area contributed by atoms with Crippen LogP contribution in [0.4, 0.5) is 0 Å². The van der Waals surface area contributed by atoms with Crippen LogP contribution in [-0.2, 0) is 20.1 Å². The fourth-order valence-corrected chi connectivity index (χ4v) is 4.88. The van der Waals surface area contributed by atoms with Crippen molar-refractivity contribution in [3.63, 3.8) is 0 Å². The maximum atomic E-state index is 4.51. The first kappa shape index (κ1) is 27.1. The molecule has 195 valence electrons. The molecule has 0 aliphatic rings. The third kappa shape index (κ3) is 5.77. The first-order chi connectivity index (χ1) is 19.3. The first-order valence-corrected chi connectivity index (χ1v) is 13.0. The number of hydrogen-bond acceptors (Lipinski definition) is 2. The van der Waals surface area contributed by atoms with Gasteiger partial charge in [-0.2, -0.15) is 0 Å². The Morgan fingerprint density at radius 2 is 1.32 bits per heavy atom. The van der Waals surface area contributed by atoms with Crippen LogP contribution >= 0.6 is 0 Å². The number of pyridine rings is 2. The molecule has 2 aromatic heterocycles. The average molecular weight is 691 g/mol. The van der Waals surface area contributed by atoms with Gasteiger partial charge >= 0.3 is 0 Å². The van der Waals surface area contributed by atoms with Gasteiger partial charge in [0, 0.05) is 32.5 Å². The molecule has 5 aromatic carbocycles. The monoisotopic (exact) mass is 691 g/mol. The summed E-state index contributed by atoms with van der Waals surface area (Å²) in [5.74, 6) is 0. The van der Waals surface area contributed by atoms with Crippen LogP contribution in [0.25, 0.3) is 55.2 Å². The molecule has 0 fully saturated rings. The second-order valence-corrected chi connectivity index (χ2v) is 9.34. The van der Waals surface area contributed by atoms with Crippen LogP contribution in [0.1, 0.15) is 5.56 Å². The fourth-order valence-electron chi connectivity index (χ4n) is 4.88. The van der Waals surface area contributed by atoms with Crippen molar-refractivity contribution in [1.82, 2.24) is 9.97 Å². The topological polar surface area (TPSA) is 25.8 Å². The Labute approximate surface area is 248 Å². The number of benzene rings is 5. The molecule has 0 bridgehead atoms. The number of rotatable bonds is 3. The Morgan fingerprint density at radius 1 is 0.575 bits per heavy atom. The smallest absolute Gasteiger partial charge is 0.0160 e. The molecular formula is C37H26IrN2-2. The zero-order chi connectivity index (χ0) is 26.4. The van der Waals surface area contributed by atoms with Crippen LogP contribution in [0.3, 0.4) is 0 Å². The second kappa shape index (κ2) is 12.6. The molecule has 1 radical (unpaired) electrons. The molecule has 2 heterocycles. The summed E-state index contributed by atoms with van der Waals surface area (Å²) in [5.41, 5.74) is 7.61. The summed E-state index contributed by atoms with van der Waals surface area (Å²) in [6, 6.07) is 50.2. The van der Waals surface area contributed by atoms with Gasteiger partial charge < -0.3 is 9.97 Å². The van der Waals surface area contributed by atoms with E-state index < -0.39 is 0 Å². The fraction of sp³-hybridized carbons (Fsp3) is 0.0270. The van der Waals surface area contributed by atoms with Gasteiger partial charge in [0.15, 0.2) is 0 Å². The van der Waals surface area contributed by atoms with Gasteiger partial charge in [-0.25, -0.2) is 0 Å². The number of hydrogen-bond donors (Lipinski definition) is 0. The largest absolute Gasteiger partial charge is 0.305 e. The van der Waals surface area contributed by atoms with Crippen molar-refractivity contribution in [3.8, 4) is 33.6 Å². The SMILES string of the molecule is Cc1cccnc1-c1[c-]cc(-c2cc3ccccc3c3ccccc23)cc1.[Ir].[c-]1ccccc1-c1ccccn1. The predicted molar refractivity (Wildman–Crippen MR) is 162 cm³/mol. The summed E-state index contributed by atoms with van der Waals surface area (Å²) in [5, 5.41) is 5.11. The van der Waals surface area contributed by atoms with Crippen molar-refractivity contribution in [2.24, 2.45) is 0 Å². The molecule has 0 aliphatic heterocycles. The van der Waals surface area contributed by atoms with Crippen LogP contribution in [0.15, 0.2) is 140 Å². The molecule has 0 saturated heterocycles. The van der Waals surface area contributed by atoms with Gasteiger partial charge in [-0.15, -0.1) is 65.7 Å². The van der Waals surface area contributed by atoms with Crippen molar-refractivity contribution in [1.29, 1.82) is 0 Å². The van der Waals surface area contributed by atoms with Gasteiger partial charge in [-0.1, -0.05) is 89.5 Å². The first-order valence-electron chi connectivity index (χ1n) is 13.0. The Kier molecular flexibility index (Phi) is 8.56. The average Bonchev–Trinajstić information content (AvgIpc) is 3.02. The van der Waals surface area contributed by atoms with E-state index in [1.807, 2.05) is 54.7 Å². The van der Waals surface area contributed by atoms with Crippen LogP contribution < -0.4 is 0 Å². The third-order valence-electron chi connectivity index (χ3n) is 6.81. The van der Waals surface area contributed by atoms with Gasteiger partial charge in [-0.05, 0) is 52.0 Å². The third-order valence-corrected chi connectivity index (χ3v) is 6.81. The molecular weight excluding hydrogens is 665 g/mol. The molecule has 40 heavy (non-hydrogen) atoms. The van der Waals surface area contributed by atoms with E-state index in [9.17, 15) is 0 Å². The van der Waals surface area contributed by atoms with Crippen LogP contribution in [0.5, 0.6) is 0 Å². The molecule has 0 spiro atoms. The number of aromatic nitrogens is 2. The van der Waals surface area contributed by atoms with Gasteiger partial charge in [0.05, 0.1) is 0 Å². The molecule has 0 N–H and O–H groups in total. The summed E-state index contributed by atoms with van der Waals surface area (Å²) in [4.78, 5) is 8.73. The van der Waals surface area contributed by atoms with Crippen molar-refractivity contribution >= 4 is 21.5 Å². The minimum absolute atomic E-state index is 0. The van der Waals surface area contributed by atoms with E-state index >= 15 is 0 Å². The van der Waals surface area contributed by atoms with E-state index in [0.29, 0.717) is 0 Å². The zero-order valence-corrected chi connectivity index (χ0v) is 24.4. The molecule has 2 nitrogen and oxygen atoms in total. The summed E-state index contributed by atoms with van der Waals surface area (Å²) in [6.07, 6.45) is 3.62. The Balaban J connectivity index is 0.000000209. The molecule has 7 aromatic rings.